The number of nitrogens with zero attached hydrogens (tertiary/aromatic N) is 3. The largest absolute Gasteiger partial charge is 0.466 e. The lowest BCUT2D eigenvalue weighted by Crippen LogP contribution is -2.42. The molecule has 2 rings (SSSR count). The van der Waals surface area contributed by atoms with E-state index >= 15 is 0 Å². The number of esters is 1. The summed E-state index contributed by atoms with van der Waals surface area (Å²) in [5.74, 6) is 0.726. The Morgan fingerprint density at radius 3 is 2.79 bits per heavy atom. The molecule has 0 saturated carbocycles. The van der Waals surface area contributed by atoms with Gasteiger partial charge >= 0.3 is 16.3 Å². The van der Waals surface area contributed by atoms with Crippen molar-refractivity contribution in [2.24, 2.45) is 9.98 Å². The van der Waals surface area contributed by atoms with Gasteiger partial charge < -0.3 is 9.64 Å². The summed E-state index contributed by atoms with van der Waals surface area (Å²) < 4.78 is 37.8. The molecule has 12 heteroatoms. The average molecular weight is 463 g/mol. The van der Waals surface area contributed by atoms with Gasteiger partial charge in [-0.2, -0.15) is 13.1 Å². The molecule has 0 aromatic carbocycles. The number of carbonyl (C=O) groups excluding carboxylic acids is 1. The second kappa shape index (κ2) is 10.4. The van der Waals surface area contributed by atoms with E-state index in [-0.39, 0.29) is 18.7 Å². The SMILES string of the molecule is C/C=C\C(=C(/C)Cl)[C@@H]1N=C(C2=NCCS2)N(CCNS(=O)(=O)O)C=C1C(=O)OC. The van der Waals surface area contributed by atoms with Crippen molar-refractivity contribution in [2.45, 2.75) is 19.9 Å². The van der Waals surface area contributed by atoms with Crippen LogP contribution in [0.3, 0.4) is 0 Å². The number of halogens is 1. The van der Waals surface area contributed by atoms with Gasteiger partial charge in [0.1, 0.15) is 11.1 Å². The van der Waals surface area contributed by atoms with Crippen LogP contribution in [0.1, 0.15) is 13.8 Å². The van der Waals surface area contributed by atoms with Crippen LogP contribution in [0.4, 0.5) is 0 Å². The molecular formula is C17H23ClN4O5S2. The molecule has 9 nitrogen and oxygen atoms in total. The summed E-state index contributed by atoms with van der Waals surface area (Å²) in [6.07, 6.45) is 5.15. The number of nitrogens with one attached hydrogen (secondary N) is 1. The van der Waals surface area contributed by atoms with Crippen molar-refractivity contribution >= 4 is 50.5 Å². The van der Waals surface area contributed by atoms with Gasteiger partial charge in [0, 0.05) is 36.6 Å². The molecule has 0 aliphatic carbocycles. The first-order valence-electron chi connectivity index (χ1n) is 8.71. The highest BCUT2D eigenvalue weighted by Crippen LogP contribution is 2.29. The highest BCUT2D eigenvalue weighted by atomic mass is 35.5. The number of rotatable bonds is 8. The molecule has 0 unspecified atom stereocenters. The number of thioether (sulfide) groups is 1. The molecule has 0 bridgehead atoms. The monoisotopic (exact) mass is 462 g/mol. The summed E-state index contributed by atoms with van der Waals surface area (Å²) in [5.41, 5.74) is 0.891. The van der Waals surface area contributed by atoms with Crippen molar-refractivity contribution in [1.29, 1.82) is 0 Å². The van der Waals surface area contributed by atoms with Crippen molar-refractivity contribution in [3.8, 4) is 0 Å². The summed E-state index contributed by atoms with van der Waals surface area (Å²) in [6.45, 7) is 4.20. The Hall–Kier alpha value is -1.66. The summed E-state index contributed by atoms with van der Waals surface area (Å²) >= 11 is 7.79. The van der Waals surface area contributed by atoms with E-state index in [2.05, 4.69) is 4.99 Å². The number of ether oxygens (including phenoxy) is 1. The van der Waals surface area contributed by atoms with E-state index in [1.165, 1.54) is 18.9 Å². The standard InChI is InChI=1S/C17H23ClN4O5S2/c1-4-5-12(11(2)18)14-13(17(23)27-3)10-22(8-6-20-29(24,25)26)15(21-14)16-19-7-9-28-16/h4-5,10,14,20H,6-9H2,1-3H3,(H,24,25,26)/b5-4-,12-11-/t14-/m0/s1. The fraction of sp³-hybridized carbons (Fsp3) is 0.471. The number of carbonyl (C=O) groups is 1. The van der Waals surface area contributed by atoms with E-state index < -0.39 is 22.3 Å². The minimum atomic E-state index is -4.34. The molecule has 0 amide bonds. The molecule has 0 fully saturated rings. The first kappa shape index (κ1) is 23.6. The predicted octanol–water partition coefficient (Wildman–Crippen LogP) is 1.75. The predicted molar refractivity (Wildman–Crippen MR) is 116 cm³/mol. The van der Waals surface area contributed by atoms with Crippen molar-refractivity contribution in [2.75, 3.05) is 32.5 Å². The third-order valence-corrected chi connectivity index (χ3v) is 5.75. The third kappa shape index (κ3) is 6.41. The van der Waals surface area contributed by atoms with Crippen LogP contribution < -0.4 is 4.72 Å². The Balaban J connectivity index is 2.49. The van der Waals surface area contributed by atoms with E-state index in [0.717, 1.165) is 5.75 Å². The molecule has 0 spiro atoms. The molecule has 2 N–H and O–H groups in total. The number of methoxy groups -OCH3 is 1. The van der Waals surface area contributed by atoms with Gasteiger partial charge in [-0.15, -0.1) is 11.8 Å². The van der Waals surface area contributed by atoms with Crippen LogP contribution in [0.25, 0.3) is 0 Å². The van der Waals surface area contributed by atoms with Gasteiger partial charge in [-0.1, -0.05) is 23.8 Å². The van der Waals surface area contributed by atoms with E-state index in [4.69, 9.17) is 25.9 Å². The smallest absolute Gasteiger partial charge is 0.337 e. The lowest BCUT2D eigenvalue weighted by atomic mass is 9.97. The summed E-state index contributed by atoms with van der Waals surface area (Å²) in [5, 5.41) is 1.17. The van der Waals surface area contributed by atoms with Crippen LogP contribution in [0.2, 0.25) is 0 Å². The Morgan fingerprint density at radius 1 is 1.55 bits per heavy atom. The van der Waals surface area contributed by atoms with E-state index in [1.807, 2.05) is 11.6 Å². The Morgan fingerprint density at radius 2 is 2.28 bits per heavy atom. The highest BCUT2D eigenvalue weighted by Gasteiger charge is 2.33. The second-order valence-electron chi connectivity index (χ2n) is 6.02. The quantitative estimate of drug-likeness (QED) is 0.320. The van der Waals surface area contributed by atoms with Gasteiger partial charge in [0.05, 0.1) is 12.7 Å². The lowest BCUT2D eigenvalue weighted by Gasteiger charge is -2.31. The van der Waals surface area contributed by atoms with Gasteiger partial charge in [0.15, 0.2) is 5.84 Å². The van der Waals surface area contributed by atoms with Crippen LogP contribution >= 0.6 is 23.4 Å². The van der Waals surface area contributed by atoms with Crippen LogP contribution in [0.15, 0.2) is 44.5 Å². The Kier molecular flexibility index (Phi) is 8.46. The van der Waals surface area contributed by atoms with Crippen molar-refractivity contribution in [3.63, 3.8) is 0 Å². The van der Waals surface area contributed by atoms with Gasteiger partial charge in [0.25, 0.3) is 0 Å². The molecule has 160 valence electrons. The van der Waals surface area contributed by atoms with Crippen molar-refractivity contribution < 1.29 is 22.5 Å². The van der Waals surface area contributed by atoms with E-state index in [1.54, 1.807) is 30.2 Å². The normalized spacial score (nSPS) is 20.9. The zero-order valence-corrected chi connectivity index (χ0v) is 18.6. The third-order valence-electron chi connectivity index (χ3n) is 3.99. The number of aliphatic imine (C=N–C) groups is 2. The van der Waals surface area contributed by atoms with E-state index in [9.17, 15) is 13.2 Å². The maximum Gasteiger partial charge on any atom is 0.337 e. The van der Waals surface area contributed by atoms with Crippen LogP contribution in [-0.2, 0) is 19.8 Å². The molecule has 2 aliphatic rings. The number of amidine groups is 1. The molecule has 0 aromatic rings. The molecule has 1 atom stereocenters. The van der Waals surface area contributed by atoms with Crippen LogP contribution in [0, 0.1) is 0 Å². The van der Waals surface area contributed by atoms with Crippen molar-refractivity contribution in [1.82, 2.24) is 9.62 Å². The van der Waals surface area contributed by atoms with Gasteiger partial charge in [-0.05, 0) is 19.4 Å². The molecule has 0 radical (unpaired) electrons. The number of allylic oxidation sites excluding steroid dienone is 2. The summed E-state index contributed by atoms with van der Waals surface area (Å²) in [6, 6.07) is -0.694. The molecule has 29 heavy (non-hydrogen) atoms. The fourth-order valence-corrected chi connectivity index (χ4v) is 4.15. The molecule has 0 saturated heterocycles. The van der Waals surface area contributed by atoms with Gasteiger partial charge in [0.2, 0.25) is 0 Å². The first-order valence-corrected chi connectivity index (χ1v) is 11.5. The zero-order chi connectivity index (χ0) is 21.6. The van der Waals surface area contributed by atoms with Crippen LogP contribution in [0.5, 0.6) is 0 Å². The molecular weight excluding hydrogens is 440 g/mol. The second-order valence-corrected chi connectivity index (χ2v) is 8.91. The summed E-state index contributed by atoms with van der Waals surface area (Å²) in [4.78, 5) is 23.3. The highest BCUT2D eigenvalue weighted by molar-refractivity contribution is 8.16. The maximum absolute atomic E-state index is 12.5. The maximum atomic E-state index is 12.5. The first-order chi connectivity index (χ1) is 13.7. The lowest BCUT2D eigenvalue weighted by molar-refractivity contribution is -0.136. The number of hydrogen-bond acceptors (Lipinski definition) is 8. The average Bonchev–Trinajstić information content (AvgIpc) is 3.18. The minimum absolute atomic E-state index is 0.0997. The Bertz CT molecular complexity index is 905. The van der Waals surface area contributed by atoms with Gasteiger partial charge in [-0.25, -0.2) is 4.79 Å². The molecule has 0 aromatic heterocycles. The summed E-state index contributed by atoms with van der Waals surface area (Å²) in [7, 11) is -3.07. The topological polar surface area (TPSA) is 121 Å². The molecule has 2 heterocycles. The molecule has 2 aliphatic heterocycles. The van der Waals surface area contributed by atoms with Gasteiger partial charge in [-0.3, -0.25) is 14.5 Å². The fourth-order valence-electron chi connectivity index (χ4n) is 2.77. The van der Waals surface area contributed by atoms with Crippen molar-refractivity contribution in [3.05, 3.63) is 34.5 Å². The zero-order valence-electron chi connectivity index (χ0n) is 16.3. The number of hydrogen-bond donors (Lipinski definition) is 2. The van der Waals surface area contributed by atoms with E-state index in [0.29, 0.717) is 28.0 Å². The minimum Gasteiger partial charge on any atom is -0.466 e. The Labute approximate surface area is 179 Å². The van der Waals surface area contributed by atoms with Crippen LogP contribution in [-0.4, -0.2) is 73.3 Å².